The van der Waals surface area contributed by atoms with Crippen molar-refractivity contribution in [3.8, 4) is 23.8 Å². The maximum atomic E-state index is 5.40. The Labute approximate surface area is 145 Å². The molecule has 0 radical (unpaired) electrons. The zero-order valence-corrected chi connectivity index (χ0v) is 15.3. The minimum atomic E-state index is 0.203. The molecular weight excluding hydrogens is 304 g/mol. The highest BCUT2D eigenvalue weighted by atomic mass is 16.6. The molecule has 0 fully saturated rings. The molecule has 0 saturated carbocycles. The van der Waals surface area contributed by atoms with Crippen LogP contribution in [0.4, 0.5) is 0 Å². The molecule has 1 rings (SSSR count). The van der Waals surface area contributed by atoms with Gasteiger partial charge in [-0.25, -0.2) is 0 Å². The van der Waals surface area contributed by atoms with Gasteiger partial charge in [0.2, 0.25) is 0 Å². The lowest BCUT2D eigenvalue weighted by atomic mass is 10.2. The molecule has 0 unspecified atom stereocenters. The van der Waals surface area contributed by atoms with E-state index in [0.717, 1.165) is 12.1 Å². The van der Waals surface area contributed by atoms with Crippen LogP contribution in [-0.2, 0) is 4.84 Å². The molecule has 0 aliphatic heterocycles. The van der Waals surface area contributed by atoms with Gasteiger partial charge in [-0.1, -0.05) is 11.1 Å². The Hall–Kier alpha value is -2.19. The number of ether oxygens (including phenoxy) is 2. The van der Waals surface area contributed by atoms with Gasteiger partial charge in [-0.2, -0.15) is 0 Å². The van der Waals surface area contributed by atoms with Crippen LogP contribution in [0.25, 0.3) is 0 Å². The molecule has 0 N–H and O–H groups in total. The molecule has 1 aromatic carbocycles. The van der Waals surface area contributed by atoms with Crippen molar-refractivity contribution in [3.63, 3.8) is 0 Å². The van der Waals surface area contributed by atoms with E-state index in [-0.39, 0.29) is 6.61 Å². The monoisotopic (exact) mass is 332 g/mol. The minimum absolute atomic E-state index is 0.203. The Morgan fingerprint density at radius 1 is 1.21 bits per heavy atom. The predicted octanol–water partition coefficient (Wildman–Crippen LogP) is 3.18. The van der Waals surface area contributed by atoms with Gasteiger partial charge < -0.3 is 14.3 Å². The average molecular weight is 332 g/mol. The SMILES string of the molecule is C#CCOc1ccc(/C=N/OCCN(C(C)C)C(C)C)cc1OC. The van der Waals surface area contributed by atoms with Crippen LogP contribution in [-0.4, -0.2) is 50.1 Å². The fourth-order valence-electron chi connectivity index (χ4n) is 2.41. The van der Waals surface area contributed by atoms with Crippen molar-refractivity contribution in [2.24, 2.45) is 5.16 Å². The number of hydrogen-bond donors (Lipinski definition) is 0. The van der Waals surface area contributed by atoms with Gasteiger partial charge in [0.05, 0.1) is 13.3 Å². The van der Waals surface area contributed by atoms with E-state index in [9.17, 15) is 0 Å². The van der Waals surface area contributed by atoms with Crippen molar-refractivity contribution in [1.29, 1.82) is 0 Å². The summed E-state index contributed by atoms with van der Waals surface area (Å²) in [5, 5.41) is 4.02. The summed E-state index contributed by atoms with van der Waals surface area (Å²) in [6.45, 7) is 10.3. The quantitative estimate of drug-likeness (QED) is 0.286. The molecule has 0 aromatic heterocycles. The maximum absolute atomic E-state index is 5.40. The van der Waals surface area contributed by atoms with Gasteiger partial charge in [-0.3, -0.25) is 4.90 Å². The van der Waals surface area contributed by atoms with Crippen molar-refractivity contribution in [2.45, 2.75) is 39.8 Å². The predicted molar refractivity (Wildman–Crippen MR) is 97.8 cm³/mol. The lowest BCUT2D eigenvalue weighted by molar-refractivity contribution is 0.0836. The fraction of sp³-hybridized carbons (Fsp3) is 0.526. The third-order valence-electron chi connectivity index (χ3n) is 3.54. The molecular formula is C19H28N2O3. The van der Waals surface area contributed by atoms with Crippen LogP contribution >= 0.6 is 0 Å². The Kier molecular flexibility index (Phi) is 8.74. The largest absolute Gasteiger partial charge is 0.493 e. The van der Waals surface area contributed by atoms with Crippen molar-refractivity contribution in [2.75, 3.05) is 26.9 Å². The first kappa shape index (κ1) is 19.9. The fourth-order valence-corrected chi connectivity index (χ4v) is 2.41. The van der Waals surface area contributed by atoms with E-state index in [1.54, 1.807) is 19.4 Å². The van der Waals surface area contributed by atoms with E-state index in [0.29, 0.717) is 30.2 Å². The van der Waals surface area contributed by atoms with Crippen molar-refractivity contribution in [1.82, 2.24) is 4.90 Å². The molecule has 0 aliphatic carbocycles. The summed E-state index contributed by atoms with van der Waals surface area (Å²) in [4.78, 5) is 7.72. The second-order valence-electron chi connectivity index (χ2n) is 5.90. The number of benzene rings is 1. The van der Waals surface area contributed by atoms with Crippen LogP contribution < -0.4 is 9.47 Å². The highest BCUT2D eigenvalue weighted by Crippen LogP contribution is 2.27. The number of terminal acetylenes is 1. The van der Waals surface area contributed by atoms with Crippen LogP contribution in [0.5, 0.6) is 11.5 Å². The first-order chi connectivity index (χ1) is 11.5. The number of methoxy groups -OCH3 is 1. The zero-order valence-electron chi connectivity index (χ0n) is 15.3. The van der Waals surface area contributed by atoms with Gasteiger partial charge in [0, 0.05) is 24.2 Å². The molecule has 0 heterocycles. The van der Waals surface area contributed by atoms with Gasteiger partial charge in [0.1, 0.15) is 13.2 Å². The number of rotatable bonds is 10. The summed E-state index contributed by atoms with van der Waals surface area (Å²) in [7, 11) is 1.59. The summed E-state index contributed by atoms with van der Waals surface area (Å²) < 4.78 is 10.7. The first-order valence-corrected chi connectivity index (χ1v) is 8.15. The van der Waals surface area contributed by atoms with Gasteiger partial charge in [0.25, 0.3) is 0 Å². The molecule has 5 heteroatoms. The first-order valence-electron chi connectivity index (χ1n) is 8.15. The summed E-state index contributed by atoms with van der Waals surface area (Å²) in [6.07, 6.45) is 6.85. The maximum Gasteiger partial charge on any atom is 0.162 e. The van der Waals surface area contributed by atoms with Crippen molar-refractivity contribution < 1.29 is 14.3 Å². The van der Waals surface area contributed by atoms with Crippen molar-refractivity contribution in [3.05, 3.63) is 23.8 Å². The molecule has 0 aliphatic rings. The summed E-state index contributed by atoms with van der Waals surface area (Å²) >= 11 is 0. The highest BCUT2D eigenvalue weighted by molar-refractivity contribution is 5.80. The second-order valence-corrected chi connectivity index (χ2v) is 5.90. The summed E-state index contributed by atoms with van der Waals surface area (Å²) in [6, 6.07) is 6.47. The van der Waals surface area contributed by atoms with Crippen LogP contribution in [0.15, 0.2) is 23.4 Å². The molecule has 5 nitrogen and oxygen atoms in total. The van der Waals surface area contributed by atoms with Gasteiger partial charge >= 0.3 is 0 Å². The summed E-state index contributed by atoms with van der Waals surface area (Å²) in [5.41, 5.74) is 0.865. The Bertz CT molecular complexity index is 554. The van der Waals surface area contributed by atoms with Gasteiger partial charge in [-0.05, 0) is 45.9 Å². The number of nitrogens with zero attached hydrogens (tertiary/aromatic N) is 2. The zero-order chi connectivity index (χ0) is 17.9. The molecule has 0 saturated heterocycles. The van der Waals surface area contributed by atoms with E-state index in [4.69, 9.17) is 20.7 Å². The van der Waals surface area contributed by atoms with Gasteiger partial charge in [-0.15, -0.1) is 6.42 Å². The molecule has 1 aromatic rings. The lowest BCUT2D eigenvalue weighted by Gasteiger charge is -2.29. The smallest absolute Gasteiger partial charge is 0.162 e. The van der Waals surface area contributed by atoms with E-state index in [1.807, 2.05) is 12.1 Å². The van der Waals surface area contributed by atoms with E-state index < -0.39 is 0 Å². The normalized spacial score (nSPS) is 11.3. The van der Waals surface area contributed by atoms with Crippen LogP contribution in [0.1, 0.15) is 33.3 Å². The molecule has 0 amide bonds. The molecule has 0 spiro atoms. The standard InChI is InChI=1S/C19H28N2O3/c1-7-11-23-18-9-8-17(13-19(18)22-6)14-20-24-12-10-21(15(2)3)16(4)5/h1,8-9,13-16H,10-12H2,2-6H3/b20-14+. The number of hydrogen-bond acceptors (Lipinski definition) is 5. The minimum Gasteiger partial charge on any atom is -0.493 e. The third-order valence-corrected chi connectivity index (χ3v) is 3.54. The summed E-state index contributed by atoms with van der Waals surface area (Å²) in [5.74, 6) is 3.65. The van der Waals surface area contributed by atoms with Crippen LogP contribution in [0.3, 0.4) is 0 Å². The molecule has 0 bridgehead atoms. The Morgan fingerprint density at radius 3 is 2.50 bits per heavy atom. The van der Waals surface area contributed by atoms with E-state index in [2.05, 4.69) is 43.7 Å². The Balaban J connectivity index is 2.54. The van der Waals surface area contributed by atoms with Gasteiger partial charge in [0.15, 0.2) is 11.5 Å². The highest BCUT2D eigenvalue weighted by Gasteiger charge is 2.12. The number of oxime groups is 1. The second kappa shape index (κ2) is 10.6. The van der Waals surface area contributed by atoms with E-state index >= 15 is 0 Å². The average Bonchev–Trinajstić information content (AvgIpc) is 2.55. The molecule has 132 valence electrons. The van der Waals surface area contributed by atoms with Crippen LogP contribution in [0, 0.1) is 12.3 Å². The topological polar surface area (TPSA) is 43.3 Å². The third kappa shape index (κ3) is 6.51. The van der Waals surface area contributed by atoms with E-state index in [1.165, 1.54) is 0 Å². The lowest BCUT2D eigenvalue weighted by Crippen LogP contribution is -2.39. The molecule has 24 heavy (non-hydrogen) atoms. The van der Waals surface area contributed by atoms with Crippen LogP contribution in [0.2, 0.25) is 0 Å². The Morgan fingerprint density at radius 2 is 1.92 bits per heavy atom. The molecule has 0 atom stereocenters. The van der Waals surface area contributed by atoms with Crippen molar-refractivity contribution >= 4 is 6.21 Å².